The second kappa shape index (κ2) is 6.02. The molecular weight excluding hydrogens is 180 g/mol. The van der Waals surface area contributed by atoms with Gasteiger partial charge in [-0.2, -0.15) is 0 Å². The lowest BCUT2D eigenvalue weighted by Crippen LogP contribution is -2.50. The third kappa shape index (κ3) is 7.84. The molecule has 0 saturated carbocycles. The molecule has 0 radical (unpaired) electrons. The lowest BCUT2D eigenvalue weighted by Gasteiger charge is -2.22. The van der Waals surface area contributed by atoms with Crippen LogP contribution in [0.4, 0.5) is 4.79 Å². The third-order valence-electron chi connectivity index (χ3n) is 2.12. The van der Waals surface area contributed by atoms with Crippen LogP contribution in [0.5, 0.6) is 0 Å². The van der Waals surface area contributed by atoms with Crippen molar-refractivity contribution in [1.29, 1.82) is 0 Å². The van der Waals surface area contributed by atoms with Gasteiger partial charge < -0.3 is 10.7 Å². The highest BCUT2D eigenvalue weighted by molar-refractivity contribution is 6.76. The number of nitrogens with one attached hydrogen (secondary N) is 1. The van der Waals surface area contributed by atoms with Gasteiger partial charge in [-0.3, -0.25) is 4.79 Å². The molecule has 78 valence electrons. The Morgan fingerprint density at radius 3 is 2.38 bits per heavy atom. The van der Waals surface area contributed by atoms with E-state index in [0.29, 0.717) is 0 Å². The third-order valence-corrected chi connectivity index (χ3v) is 4.64. The summed E-state index contributed by atoms with van der Waals surface area (Å²) in [6.07, 6.45) is 5.03. The van der Waals surface area contributed by atoms with E-state index in [1.165, 1.54) is 25.7 Å². The zero-order valence-electron chi connectivity index (χ0n) is 9.02. The van der Waals surface area contributed by atoms with Crippen LogP contribution >= 0.6 is 0 Å². The van der Waals surface area contributed by atoms with Crippen LogP contribution in [-0.4, -0.2) is 14.3 Å². The lowest BCUT2D eigenvalue weighted by atomic mass is 10.2. The molecule has 0 aliphatic carbocycles. The maximum Gasteiger partial charge on any atom is 0.304 e. The highest BCUT2D eigenvalue weighted by atomic mass is 28.3. The summed E-state index contributed by atoms with van der Waals surface area (Å²) in [6, 6.07) is 0.766. The minimum atomic E-state index is -1.54. The number of rotatable bonds is 6. The molecule has 0 aliphatic heterocycles. The second-order valence-corrected chi connectivity index (χ2v) is 8.70. The number of hydrogen-bond donors (Lipinski definition) is 2. The molecule has 0 aromatic heterocycles. The van der Waals surface area contributed by atoms with Gasteiger partial charge in [0.05, 0.1) is 0 Å². The molecule has 0 saturated heterocycles. The van der Waals surface area contributed by atoms with Crippen molar-refractivity contribution >= 4 is 14.3 Å². The number of primary amides is 1. The fourth-order valence-corrected chi connectivity index (χ4v) is 3.32. The van der Waals surface area contributed by atoms with Crippen molar-refractivity contribution < 1.29 is 4.79 Å². The van der Waals surface area contributed by atoms with E-state index in [1.54, 1.807) is 0 Å². The SMILES string of the molecule is CCCCCC[Si](C)(C)NC(N)=O. The fourth-order valence-electron chi connectivity index (χ4n) is 1.39. The van der Waals surface area contributed by atoms with E-state index in [2.05, 4.69) is 25.0 Å². The average Bonchev–Trinajstić information content (AvgIpc) is 1.95. The molecule has 13 heavy (non-hydrogen) atoms. The van der Waals surface area contributed by atoms with Crippen LogP contribution in [0, 0.1) is 0 Å². The predicted molar refractivity (Wildman–Crippen MR) is 59.2 cm³/mol. The number of unbranched alkanes of at least 4 members (excludes halogenated alkanes) is 3. The van der Waals surface area contributed by atoms with Crippen molar-refractivity contribution in [2.24, 2.45) is 5.73 Å². The zero-order valence-corrected chi connectivity index (χ0v) is 10.0. The van der Waals surface area contributed by atoms with E-state index in [0.717, 1.165) is 6.04 Å². The van der Waals surface area contributed by atoms with Gasteiger partial charge in [0.25, 0.3) is 0 Å². The Bertz CT molecular complexity index is 160. The highest BCUT2D eigenvalue weighted by Gasteiger charge is 2.21. The van der Waals surface area contributed by atoms with Crippen molar-refractivity contribution in [3.63, 3.8) is 0 Å². The molecule has 0 aliphatic rings. The van der Waals surface area contributed by atoms with Gasteiger partial charge in [0.2, 0.25) is 0 Å². The summed E-state index contributed by atoms with van der Waals surface area (Å²) in [4.78, 5) is 13.5. The van der Waals surface area contributed by atoms with E-state index >= 15 is 0 Å². The van der Waals surface area contributed by atoms with E-state index < -0.39 is 8.24 Å². The molecule has 0 aromatic carbocycles. The number of carbonyl (C=O) groups excluding carboxylic acids is 1. The first-order valence-electron chi connectivity index (χ1n) is 5.05. The van der Waals surface area contributed by atoms with E-state index in [-0.39, 0.29) is 6.03 Å². The minimum Gasteiger partial charge on any atom is -0.365 e. The van der Waals surface area contributed by atoms with Crippen LogP contribution in [0.2, 0.25) is 19.1 Å². The quantitative estimate of drug-likeness (QED) is 0.504. The Kier molecular flexibility index (Phi) is 5.78. The van der Waals surface area contributed by atoms with Gasteiger partial charge in [0.1, 0.15) is 0 Å². The summed E-state index contributed by atoms with van der Waals surface area (Å²) < 4.78 is 0. The van der Waals surface area contributed by atoms with Crippen molar-refractivity contribution in [3.05, 3.63) is 0 Å². The zero-order chi connectivity index (χ0) is 10.3. The Labute approximate surface area is 82.2 Å². The van der Waals surface area contributed by atoms with Crippen LogP contribution in [0.25, 0.3) is 0 Å². The summed E-state index contributed by atoms with van der Waals surface area (Å²) >= 11 is 0. The molecule has 0 rings (SSSR count). The van der Waals surface area contributed by atoms with E-state index in [1.807, 2.05) is 0 Å². The molecule has 0 fully saturated rings. The summed E-state index contributed by atoms with van der Waals surface area (Å²) in [5.74, 6) is 0. The molecule has 4 heteroatoms. The van der Waals surface area contributed by atoms with Gasteiger partial charge in [-0.1, -0.05) is 45.7 Å². The van der Waals surface area contributed by atoms with Gasteiger partial charge in [0, 0.05) is 0 Å². The molecule has 3 nitrogen and oxygen atoms in total. The monoisotopic (exact) mass is 202 g/mol. The summed E-state index contributed by atoms with van der Waals surface area (Å²) in [7, 11) is -1.54. The van der Waals surface area contributed by atoms with Crippen molar-refractivity contribution in [1.82, 2.24) is 4.98 Å². The first kappa shape index (κ1) is 12.5. The van der Waals surface area contributed by atoms with E-state index in [4.69, 9.17) is 5.73 Å². The molecule has 0 spiro atoms. The van der Waals surface area contributed by atoms with Crippen molar-refractivity contribution in [2.45, 2.75) is 51.7 Å². The number of hydrogen-bond acceptors (Lipinski definition) is 1. The molecule has 3 N–H and O–H groups in total. The van der Waals surface area contributed by atoms with E-state index in [9.17, 15) is 4.79 Å². The Morgan fingerprint density at radius 1 is 1.31 bits per heavy atom. The van der Waals surface area contributed by atoms with Crippen LogP contribution in [0.1, 0.15) is 32.6 Å². The smallest absolute Gasteiger partial charge is 0.304 e. The van der Waals surface area contributed by atoms with Gasteiger partial charge >= 0.3 is 6.03 Å². The highest BCUT2D eigenvalue weighted by Crippen LogP contribution is 2.12. The first-order chi connectivity index (χ1) is 5.98. The topological polar surface area (TPSA) is 55.1 Å². The number of amides is 2. The van der Waals surface area contributed by atoms with Crippen LogP contribution in [-0.2, 0) is 0 Å². The number of nitrogens with two attached hydrogens (primary N) is 1. The van der Waals surface area contributed by atoms with Gasteiger partial charge in [0.15, 0.2) is 8.24 Å². The molecule has 2 amide bonds. The number of carbonyl (C=O) groups is 1. The van der Waals surface area contributed by atoms with Crippen LogP contribution in [0.3, 0.4) is 0 Å². The maximum atomic E-state index is 10.6. The van der Waals surface area contributed by atoms with Crippen molar-refractivity contribution in [2.75, 3.05) is 0 Å². The van der Waals surface area contributed by atoms with Crippen LogP contribution < -0.4 is 10.7 Å². The summed E-state index contributed by atoms with van der Waals surface area (Å²) in [6.45, 7) is 6.48. The largest absolute Gasteiger partial charge is 0.365 e. The molecule has 0 unspecified atom stereocenters. The Balaban J connectivity index is 3.56. The normalized spacial score (nSPS) is 11.3. The lowest BCUT2D eigenvalue weighted by molar-refractivity contribution is 0.253. The number of urea groups is 1. The summed E-state index contributed by atoms with van der Waals surface area (Å²) in [5.41, 5.74) is 5.09. The van der Waals surface area contributed by atoms with Gasteiger partial charge in [-0.25, -0.2) is 0 Å². The Morgan fingerprint density at radius 2 is 1.92 bits per heavy atom. The molecule has 0 bridgehead atoms. The molecular formula is C9H22N2OSi. The van der Waals surface area contributed by atoms with Crippen molar-refractivity contribution in [3.8, 4) is 0 Å². The molecule has 0 atom stereocenters. The van der Waals surface area contributed by atoms with Gasteiger partial charge in [-0.05, 0) is 6.04 Å². The molecule has 0 aromatic rings. The summed E-state index contributed by atoms with van der Waals surface area (Å²) in [5, 5.41) is 0. The second-order valence-electron chi connectivity index (χ2n) is 4.18. The standard InChI is InChI=1S/C9H22N2OSi/c1-4-5-6-7-8-13(2,3)11-9(10)12/h4-8H2,1-3H3,(H3,10,11,12). The minimum absolute atomic E-state index is 0.368. The van der Waals surface area contributed by atoms with Crippen LogP contribution in [0.15, 0.2) is 0 Å². The average molecular weight is 202 g/mol. The predicted octanol–water partition coefficient (Wildman–Crippen LogP) is 2.44. The fraction of sp³-hybridized carbons (Fsp3) is 0.889. The Hall–Kier alpha value is -0.513. The first-order valence-corrected chi connectivity index (χ1v) is 8.26. The van der Waals surface area contributed by atoms with Gasteiger partial charge in [-0.15, -0.1) is 0 Å². The molecule has 0 heterocycles. The maximum absolute atomic E-state index is 10.6.